The summed E-state index contributed by atoms with van der Waals surface area (Å²) in [6.07, 6.45) is 0.128. The molecular weight excluding hydrogens is 459 g/mol. The lowest BCUT2D eigenvalue weighted by Gasteiger charge is -2.36. The van der Waals surface area contributed by atoms with Gasteiger partial charge < -0.3 is 20.1 Å². The number of halogens is 3. The number of nitrogens with zero attached hydrogens (tertiary/aromatic N) is 1. The average Bonchev–Trinajstić information content (AvgIpc) is 3.31. The molecule has 3 aromatic rings. The number of rotatable bonds is 8. The number of aromatic amines is 1. The van der Waals surface area contributed by atoms with Gasteiger partial charge in [0.05, 0.1) is 19.2 Å². The summed E-state index contributed by atoms with van der Waals surface area (Å²) in [6.45, 7) is 2.22. The van der Waals surface area contributed by atoms with E-state index in [4.69, 9.17) is 4.74 Å². The van der Waals surface area contributed by atoms with E-state index in [9.17, 15) is 23.1 Å². The molecule has 2 heterocycles. The lowest BCUT2D eigenvalue weighted by Crippen LogP contribution is -2.36. The molecule has 3 N–H and O–H groups in total. The smallest absolute Gasteiger partial charge is 0.401 e. The number of aromatic carboxylic acids is 1. The van der Waals surface area contributed by atoms with Crippen molar-refractivity contribution in [2.24, 2.45) is 0 Å². The molecule has 9 heteroatoms. The number of aromatic nitrogens is 1. The van der Waals surface area contributed by atoms with Crippen LogP contribution in [0.1, 0.15) is 39.5 Å². The summed E-state index contributed by atoms with van der Waals surface area (Å²) in [7, 11) is 1.64. The molecule has 2 aromatic carbocycles. The van der Waals surface area contributed by atoms with E-state index in [0.29, 0.717) is 19.5 Å². The van der Waals surface area contributed by atoms with Crippen LogP contribution in [0.4, 0.5) is 13.2 Å². The highest BCUT2D eigenvalue weighted by Gasteiger charge is 2.29. The molecule has 0 spiro atoms. The zero-order valence-electron chi connectivity index (χ0n) is 19.6. The maximum absolute atomic E-state index is 12.6. The molecule has 1 aliphatic heterocycles. The van der Waals surface area contributed by atoms with E-state index < -0.39 is 18.7 Å². The molecule has 0 radical (unpaired) electrons. The lowest BCUT2D eigenvalue weighted by atomic mass is 9.92. The summed E-state index contributed by atoms with van der Waals surface area (Å²) in [4.78, 5) is 16.8. The van der Waals surface area contributed by atoms with Crippen LogP contribution in [-0.2, 0) is 6.54 Å². The summed E-state index contributed by atoms with van der Waals surface area (Å²) in [5, 5.41) is 12.8. The topological polar surface area (TPSA) is 77.6 Å². The van der Waals surface area contributed by atoms with Gasteiger partial charge in [0.1, 0.15) is 5.75 Å². The second-order valence-corrected chi connectivity index (χ2v) is 8.80. The van der Waals surface area contributed by atoms with Crippen LogP contribution in [0.3, 0.4) is 0 Å². The molecule has 0 saturated carbocycles. The molecular formula is C26H28F3N3O3. The quantitative estimate of drug-likeness (QED) is 0.381. The second kappa shape index (κ2) is 10.1. The van der Waals surface area contributed by atoms with Crippen molar-refractivity contribution in [2.45, 2.75) is 32.1 Å². The van der Waals surface area contributed by atoms with E-state index in [2.05, 4.69) is 15.2 Å². The zero-order valence-corrected chi connectivity index (χ0v) is 19.6. The fraction of sp³-hybridized carbons (Fsp3) is 0.346. The summed E-state index contributed by atoms with van der Waals surface area (Å²) in [5.74, 6) is -0.232. The number of hydrogen-bond acceptors (Lipinski definition) is 4. The summed E-state index contributed by atoms with van der Waals surface area (Å²) >= 11 is 0. The third-order valence-corrected chi connectivity index (χ3v) is 6.42. The molecule has 186 valence electrons. The van der Waals surface area contributed by atoms with Crippen LogP contribution in [0.15, 0.2) is 54.2 Å². The first-order chi connectivity index (χ1) is 16.7. The molecule has 0 bridgehead atoms. The van der Waals surface area contributed by atoms with Gasteiger partial charge in [-0.2, -0.15) is 13.2 Å². The number of fused-ring (bicyclic) bond motifs is 1. The van der Waals surface area contributed by atoms with Gasteiger partial charge in [0, 0.05) is 48.3 Å². The minimum atomic E-state index is -4.27. The van der Waals surface area contributed by atoms with Crippen molar-refractivity contribution >= 4 is 16.9 Å². The van der Waals surface area contributed by atoms with Gasteiger partial charge in [0.15, 0.2) is 0 Å². The Bertz CT molecular complexity index is 1230. The van der Waals surface area contributed by atoms with E-state index in [1.807, 2.05) is 31.3 Å². The molecule has 4 rings (SSSR count). The SMILES string of the molecule is COc1cc(C)c2[nH]ccc2c1CN1CC=C(CNCC(F)(F)F)C[C@H]1c1ccc(C(=O)O)cc1. The summed E-state index contributed by atoms with van der Waals surface area (Å²) in [6, 6.07) is 10.6. The molecule has 1 aromatic heterocycles. The minimum Gasteiger partial charge on any atom is -0.496 e. The number of carboxylic acids is 1. The van der Waals surface area contributed by atoms with Crippen molar-refractivity contribution in [1.82, 2.24) is 15.2 Å². The standard InChI is InChI=1S/C26H28F3N3O3/c1-16-11-23(35-2)21(20-7-9-31-24(16)20)14-32-10-8-17(13-30-15-26(27,28)29)12-22(32)18-3-5-19(6-4-18)25(33)34/h3-9,11,22,30-31H,10,12-15H2,1-2H3,(H,33,34)/t22-/m0/s1. The number of ether oxygens (including phenoxy) is 1. The number of aryl methyl sites for hydroxylation is 1. The molecule has 0 amide bonds. The predicted molar refractivity (Wildman–Crippen MR) is 128 cm³/mol. The average molecular weight is 488 g/mol. The Hall–Kier alpha value is -3.30. The van der Waals surface area contributed by atoms with Crippen LogP contribution in [0.25, 0.3) is 10.9 Å². The third kappa shape index (κ3) is 5.68. The minimum absolute atomic E-state index is 0.134. The van der Waals surface area contributed by atoms with E-state index in [1.165, 1.54) is 0 Å². The fourth-order valence-corrected chi connectivity index (χ4v) is 4.68. The fourth-order valence-electron chi connectivity index (χ4n) is 4.68. The van der Waals surface area contributed by atoms with Crippen molar-refractivity contribution in [3.8, 4) is 5.75 Å². The first-order valence-corrected chi connectivity index (χ1v) is 11.3. The van der Waals surface area contributed by atoms with Gasteiger partial charge in [-0.25, -0.2) is 4.79 Å². The number of methoxy groups -OCH3 is 1. The Morgan fingerprint density at radius 1 is 1.26 bits per heavy atom. The van der Waals surface area contributed by atoms with Crippen molar-refractivity contribution in [3.63, 3.8) is 0 Å². The zero-order chi connectivity index (χ0) is 25.2. The Morgan fingerprint density at radius 3 is 2.66 bits per heavy atom. The molecule has 0 unspecified atom stereocenters. The van der Waals surface area contributed by atoms with Crippen LogP contribution in [0.2, 0.25) is 0 Å². The highest BCUT2D eigenvalue weighted by atomic mass is 19.4. The van der Waals surface area contributed by atoms with Gasteiger partial charge >= 0.3 is 12.1 Å². The van der Waals surface area contributed by atoms with Gasteiger partial charge in [0.25, 0.3) is 0 Å². The van der Waals surface area contributed by atoms with Gasteiger partial charge in [-0.15, -0.1) is 0 Å². The maximum Gasteiger partial charge on any atom is 0.401 e. The number of carboxylic acid groups (broad SMARTS) is 1. The van der Waals surface area contributed by atoms with Gasteiger partial charge in [0.2, 0.25) is 0 Å². The third-order valence-electron chi connectivity index (χ3n) is 6.42. The summed E-state index contributed by atoms with van der Waals surface area (Å²) < 4.78 is 43.5. The lowest BCUT2D eigenvalue weighted by molar-refractivity contribution is -0.124. The number of nitrogens with one attached hydrogen (secondary N) is 2. The molecule has 1 aliphatic rings. The second-order valence-electron chi connectivity index (χ2n) is 8.80. The largest absolute Gasteiger partial charge is 0.496 e. The first-order valence-electron chi connectivity index (χ1n) is 11.3. The number of alkyl halides is 3. The number of benzene rings is 2. The van der Waals surface area contributed by atoms with Crippen LogP contribution < -0.4 is 10.1 Å². The molecule has 0 aliphatic carbocycles. The first kappa shape index (κ1) is 24.8. The van der Waals surface area contributed by atoms with Crippen LogP contribution >= 0.6 is 0 Å². The molecule has 1 atom stereocenters. The summed E-state index contributed by atoms with van der Waals surface area (Å²) in [5.41, 5.74) is 5.12. The predicted octanol–water partition coefficient (Wildman–Crippen LogP) is 5.21. The van der Waals surface area contributed by atoms with E-state index in [-0.39, 0.29) is 18.2 Å². The Morgan fingerprint density at radius 2 is 2.00 bits per heavy atom. The van der Waals surface area contributed by atoms with E-state index >= 15 is 0 Å². The Kier molecular flexibility index (Phi) is 7.18. The highest BCUT2D eigenvalue weighted by Crippen LogP contribution is 2.37. The number of carbonyl (C=O) groups is 1. The van der Waals surface area contributed by atoms with Crippen molar-refractivity contribution in [3.05, 3.63) is 76.5 Å². The van der Waals surface area contributed by atoms with Crippen molar-refractivity contribution in [2.75, 3.05) is 26.7 Å². The Labute approximate surface area is 201 Å². The van der Waals surface area contributed by atoms with E-state index in [0.717, 1.165) is 38.9 Å². The number of H-pyrrole nitrogens is 1. The molecule has 35 heavy (non-hydrogen) atoms. The van der Waals surface area contributed by atoms with Crippen LogP contribution in [0, 0.1) is 6.92 Å². The van der Waals surface area contributed by atoms with Gasteiger partial charge in [-0.05, 0) is 48.7 Å². The van der Waals surface area contributed by atoms with Crippen molar-refractivity contribution < 1.29 is 27.8 Å². The Balaban J connectivity index is 1.65. The van der Waals surface area contributed by atoms with Crippen LogP contribution in [0.5, 0.6) is 5.75 Å². The molecule has 0 fully saturated rings. The van der Waals surface area contributed by atoms with Crippen LogP contribution in [-0.4, -0.2) is 53.9 Å². The van der Waals surface area contributed by atoms with Crippen molar-refractivity contribution in [1.29, 1.82) is 0 Å². The molecule has 0 saturated heterocycles. The molecule has 6 nitrogen and oxygen atoms in total. The monoisotopic (exact) mass is 487 g/mol. The number of hydrogen-bond donors (Lipinski definition) is 3. The maximum atomic E-state index is 12.6. The van der Waals surface area contributed by atoms with Gasteiger partial charge in [-0.1, -0.05) is 23.8 Å². The van der Waals surface area contributed by atoms with Gasteiger partial charge in [-0.3, -0.25) is 4.90 Å². The van der Waals surface area contributed by atoms with E-state index in [1.54, 1.807) is 31.4 Å². The highest BCUT2D eigenvalue weighted by molar-refractivity contribution is 5.88. The normalized spacial score (nSPS) is 16.9.